The van der Waals surface area contributed by atoms with Gasteiger partial charge in [0, 0.05) is 10.9 Å². The highest BCUT2D eigenvalue weighted by atomic mass is 32.1. The lowest BCUT2D eigenvalue weighted by molar-refractivity contribution is 1.27. The molecule has 3 heteroatoms. The SMILES string of the molecule is Cc1cc(C)c(-c2csc(C#N)n2)cc1C. The maximum Gasteiger partial charge on any atom is 0.194 e. The first kappa shape index (κ1) is 10.8. The number of aromatic nitrogens is 1. The van der Waals surface area contributed by atoms with Crippen LogP contribution in [0, 0.1) is 32.1 Å². The number of thiazole rings is 1. The molecule has 0 aliphatic carbocycles. The van der Waals surface area contributed by atoms with Crippen LogP contribution in [0.25, 0.3) is 11.3 Å². The molecule has 1 aromatic carbocycles. The van der Waals surface area contributed by atoms with Crippen LogP contribution in [-0.2, 0) is 0 Å². The minimum absolute atomic E-state index is 0.521. The van der Waals surface area contributed by atoms with Gasteiger partial charge in [0.05, 0.1) is 5.69 Å². The molecule has 0 aliphatic heterocycles. The number of hydrogen-bond acceptors (Lipinski definition) is 3. The summed E-state index contributed by atoms with van der Waals surface area (Å²) in [4.78, 5) is 4.29. The predicted molar refractivity (Wildman–Crippen MR) is 66.5 cm³/mol. The zero-order valence-corrected chi connectivity index (χ0v) is 10.4. The number of aryl methyl sites for hydroxylation is 3. The van der Waals surface area contributed by atoms with Crippen molar-refractivity contribution in [2.45, 2.75) is 20.8 Å². The van der Waals surface area contributed by atoms with Gasteiger partial charge in [-0.2, -0.15) is 5.26 Å². The van der Waals surface area contributed by atoms with Gasteiger partial charge in [0.2, 0.25) is 0 Å². The third-order valence-corrected chi connectivity index (χ3v) is 3.46. The van der Waals surface area contributed by atoms with Crippen LogP contribution in [0.4, 0.5) is 0 Å². The summed E-state index contributed by atoms with van der Waals surface area (Å²) in [5.41, 5.74) is 5.78. The Kier molecular flexibility index (Phi) is 2.76. The van der Waals surface area contributed by atoms with Gasteiger partial charge in [-0.3, -0.25) is 0 Å². The second-order valence-electron chi connectivity index (χ2n) is 3.90. The molecular weight excluding hydrogens is 216 g/mol. The third kappa shape index (κ3) is 1.84. The average molecular weight is 228 g/mol. The Morgan fingerprint density at radius 2 is 1.81 bits per heavy atom. The van der Waals surface area contributed by atoms with Gasteiger partial charge >= 0.3 is 0 Å². The summed E-state index contributed by atoms with van der Waals surface area (Å²) in [6.07, 6.45) is 0. The van der Waals surface area contributed by atoms with E-state index in [1.54, 1.807) is 0 Å². The second-order valence-corrected chi connectivity index (χ2v) is 4.76. The van der Waals surface area contributed by atoms with Crippen LogP contribution in [0.5, 0.6) is 0 Å². The van der Waals surface area contributed by atoms with E-state index in [0.717, 1.165) is 11.3 Å². The van der Waals surface area contributed by atoms with Gasteiger partial charge in [0.25, 0.3) is 0 Å². The third-order valence-electron chi connectivity index (χ3n) is 2.72. The highest BCUT2D eigenvalue weighted by molar-refractivity contribution is 7.10. The van der Waals surface area contributed by atoms with Gasteiger partial charge in [-0.15, -0.1) is 11.3 Å². The number of nitrogens with zero attached hydrogens (tertiary/aromatic N) is 2. The van der Waals surface area contributed by atoms with Crippen LogP contribution in [-0.4, -0.2) is 4.98 Å². The van der Waals surface area contributed by atoms with Gasteiger partial charge in [0.15, 0.2) is 5.01 Å². The Balaban J connectivity index is 2.56. The number of rotatable bonds is 1. The van der Waals surface area contributed by atoms with Gasteiger partial charge in [-0.05, 0) is 43.5 Å². The smallest absolute Gasteiger partial charge is 0.194 e. The number of benzene rings is 1. The molecule has 0 aliphatic rings. The van der Waals surface area contributed by atoms with E-state index in [1.807, 2.05) is 5.38 Å². The van der Waals surface area contributed by atoms with E-state index < -0.39 is 0 Å². The Bertz CT molecular complexity index is 576. The summed E-state index contributed by atoms with van der Waals surface area (Å²) in [7, 11) is 0. The first-order chi connectivity index (χ1) is 7.61. The molecule has 0 saturated carbocycles. The molecule has 2 nitrogen and oxygen atoms in total. The summed E-state index contributed by atoms with van der Waals surface area (Å²) < 4.78 is 0. The average Bonchev–Trinajstić information content (AvgIpc) is 2.71. The largest absolute Gasteiger partial charge is 0.226 e. The number of nitriles is 1. The molecule has 1 aromatic heterocycles. The Labute approximate surface area is 99.2 Å². The summed E-state index contributed by atoms with van der Waals surface area (Å²) >= 11 is 1.39. The molecule has 0 spiro atoms. The fourth-order valence-electron chi connectivity index (χ4n) is 1.69. The monoisotopic (exact) mass is 228 g/mol. The van der Waals surface area contributed by atoms with E-state index in [4.69, 9.17) is 5.26 Å². The fourth-order valence-corrected chi connectivity index (χ4v) is 2.29. The molecule has 0 radical (unpaired) electrons. The summed E-state index contributed by atoms with van der Waals surface area (Å²) in [5, 5.41) is 11.2. The summed E-state index contributed by atoms with van der Waals surface area (Å²) in [6.45, 7) is 6.27. The first-order valence-corrected chi connectivity index (χ1v) is 5.93. The molecule has 0 unspecified atom stereocenters. The zero-order valence-electron chi connectivity index (χ0n) is 9.53. The number of hydrogen-bond donors (Lipinski definition) is 0. The van der Waals surface area contributed by atoms with Crippen LogP contribution in [0.3, 0.4) is 0 Å². The maximum atomic E-state index is 8.76. The second kappa shape index (κ2) is 4.07. The van der Waals surface area contributed by atoms with Gasteiger partial charge in [-0.25, -0.2) is 4.98 Å². The minimum atomic E-state index is 0.521. The zero-order chi connectivity index (χ0) is 11.7. The van der Waals surface area contributed by atoms with Crippen molar-refractivity contribution in [1.29, 1.82) is 5.26 Å². The van der Waals surface area contributed by atoms with Crippen LogP contribution >= 0.6 is 11.3 Å². The molecule has 0 N–H and O–H groups in total. The Morgan fingerprint density at radius 1 is 1.12 bits per heavy atom. The van der Waals surface area contributed by atoms with Crippen LogP contribution in [0.2, 0.25) is 0 Å². The molecule has 0 bridgehead atoms. The first-order valence-electron chi connectivity index (χ1n) is 5.05. The molecular formula is C13H12N2S. The normalized spacial score (nSPS) is 10.1. The van der Waals surface area contributed by atoms with E-state index in [-0.39, 0.29) is 0 Å². The fraction of sp³-hybridized carbons (Fsp3) is 0.231. The molecule has 1 heterocycles. The molecule has 80 valence electrons. The van der Waals surface area contributed by atoms with Crippen LogP contribution in [0.1, 0.15) is 21.7 Å². The van der Waals surface area contributed by atoms with Crippen LogP contribution in [0.15, 0.2) is 17.5 Å². The van der Waals surface area contributed by atoms with Crippen molar-refractivity contribution < 1.29 is 0 Å². The lowest BCUT2D eigenvalue weighted by Crippen LogP contribution is -1.89. The van der Waals surface area contributed by atoms with Gasteiger partial charge in [-0.1, -0.05) is 6.07 Å². The molecule has 16 heavy (non-hydrogen) atoms. The lowest BCUT2D eigenvalue weighted by atomic mass is 9.99. The highest BCUT2D eigenvalue weighted by Gasteiger charge is 2.08. The summed E-state index contributed by atoms with van der Waals surface area (Å²) in [5.74, 6) is 0. The van der Waals surface area contributed by atoms with Crippen molar-refractivity contribution in [2.75, 3.05) is 0 Å². The molecule has 0 fully saturated rings. The van der Waals surface area contributed by atoms with E-state index >= 15 is 0 Å². The van der Waals surface area contributed by atoms with Crippen molar-refractivity contribution in [3.05, 3.63) is 39.2 Å². The van der Waals surface area contributed by atoms with Gasteiger partial charge in [0.1, 0.15) is 6.07 Å². The van der Waals surface area contributed by atoms with Crippen molar-refractivity contribution in [3.63, 3.8) is 0 Å². The predicted octanol–water partition coefficient (Wildman–Crippen LogP) is 3.61. The molecule has 0 atom stereocenters. The maximum absolute atomic E-state index is 8.76. The highest BCUT2D eigenvalue weighted by Crippen LogP contribution is 2.27. The van der Waals surface area contributed by atoms with E-state index in [2.05, 4.69) is 44.0 Å². The molecule has 2 aromatic rings. The van der Waals surface area contributed by atoms with E-state index in [1.165, 1.54) is 28.0 Å². The van der Waals surface area contributed by atoms with Crippen molar-refractivity contribution >= 4 is 11.3 Å². The molecule has 2 rings (SSSR count). The van der Waals surface area contributed by atoms with Crippen molar-refractivity contribution in [3.8, 4) is 17.3 Å². The topological polar surface area (TPSA) is 36.7 Å². The minimum Gasteiger partial charge on any atom is -0.226 e. The van der Waals surface area contributed by atoms with E-state index in [0.29, 0.717) is 5.01 Å². The van der Waals surface area contributed by atoms with Crippen molar-refractivity contribution in [2.24, 2.45) is 0 Å². The van der Waals surface area contributed by atoms with Crippen molar-refractivity contribution in [1.82, 2.24) is 4.98 Å². The standard InChI is InChI=1S/C13H12N2S/c1-8-4-10(3)11(5-9(8)2)12-7-16-13(6-14)15-12/h4-5,7H,1-3H3. The quantitative estimate of drug-likeness (QED) is 0.747. The Hall–Kier alpha value is -1.66. The van der Waals surface area contributed by atoms with Gasteiger partial charge < -0.3 is 0 Å². The summed E-state index contributed by atoms with van der Waals surface area (Å²) in [6, 6.07) is 6.37. The molecule has 0 saturated heterocycles. The van der Waals surface area contributed by atoms with Crippen LogP contribution < -0.4 is 0 Å². The lowest BCUT2D eigenvalue weighted by Gasteiger charge is -2.07. The Morgan fingerprint density at radius 3 is 2.44 bits per heavy atom. The molecule has 0 amide bonds. The van der Waals surface area contributed by atoms with E-state index in [9.17, 15) is 0 Å².